The zero-order valence-electron chi connectivity index (χ0n) is 16.3. The lowest BCUT2D eigenvalue weighted by molar-refractivity contribution is 0.447. The van der Waals surface area contributed by atoms with Gasteiger partial charge in [-0.2, -0.15) is 0 Å². The molecular weight excluding hydrogens is 370 g/mol. The van der Waals surface area contributed by atoms with E-state index >= 15 is 0 Å². The van der Waals surface area contributed by atoms with E-state index in [9.17, 15) is 0 Å². The van der Waals surface area contributed by atoms with Gasteiger partial charge in [0, 0.05) is 28.8 Å². The number of unbranched alkanes of at least 4 members (excludes halogenated alkanes) is 2. The Morgan fingerprint density at radius 3 is 2.70 bits per heavy atom. The first-order valence-electron chi connectivity index (χ1n) is 9.87. The number of rotatable bonds is 11. The minimum atomic E-state index is 0.919. The first-order chi connectivity index (χ1) is 13.3. The lowest BCUT2D eigenvalue weighted by Gasteiger charge is -2.19. The van der Waals surface area contributed by atoms with Crippen molar-refractivity contribution in [2.24, 2.45) is 0 Å². The molecule has 2 aromatic carbocycles. The Balaban J connectivity index is 1.66. The van der Waals surface area contributed by atoms with Gasteiger partial charge in [0.1, 0.15) is 0 Å². The first-order valence-corrected chi connectivity index (χ1v) is 11.7. The van der Waals surface area contributed by atoms with Crippen molar-refractivity contribution in [2.45, 2.75) is 46.1 Å². The molecule has 5 heteroatoms. The monoisotopic (exact) mass is 399 g/mol. The van der Waals surface area contributed by atoms with E-state index in [0.29, 0.717) is 0 Å². The Kier molecular flexibility index (Phi) is 7.99. The zero-order chi connectivity index (χ0) is 18.9. The predicted octanol–water partition coefficient (Wildman–Crippen LogP) is 7.09. The largest absolute Gasteiger partial charge is 0.331 e. The molecule has 3 aromatic rings. The van der Waals surface area contributed by atoms with Gasteiger partial charge in [-0.1, -0.05) is 75.0 Å². The first kappa shape index (κ1) is 20.2. The van der Waals surface area contributed by atoms with E-state index in [2.05, 4.69) is 71.3 Å². The van der Waals surface area contributed by atoms with Crippen LogP contribution < -0.4 is 5.32 Å². The summed E-state index contributed by atoms with van der Waals surface area (Å²) in [6.07, 6.45) is 5.00. The van der Waals surface area contributed by atoms with Crippen molar-refractivity contribution in [3.63, 3.8) is 0 Å². The molecule has 0 radical (unpaired) electrons. The highest BCUT2D eigenvalue weighted by molar-refractivity contribution is 7.96. The molecular formula is C22H29N3S2. The van der Waals surface area contributed by atoms with Crippen molar-refractivity contribution >= 4 is 44.9 Å². The molecule has 0 bridgehead atoms. The van der Waals surface area contributed by atoms with Gasteiger partial charge in [0.15, 0.2) is 5.13 Å². The maximum absolute atomic E-state index is 4.84. The summed E-state index contributed by atoms with van der Waals surface area (Å²) in [6.45, 7) is 6.56. The average Bonchev–Trinajstić information content (AvgIpc) is 3.13. The van der Waals surface area contributed by atoms with Gasteiger partial charge in [0.2, 0.25) is 0 Å². The van der Waals surface area contributed by atoms with Gasteiger partial charge in [0.05, 0.1) is 12.2 Å². The third-order valence-corrected chi connectivity index (χ3v) is 6.41. The fourth-order valence-corrected chi connectivity index (χ4v) is 4.80. The molecule has 1 aromatic heterocycles. The summed E-state index contributed by atoms with van der Waals surface area (Å²) >= 11 is 3.66. The van der Waals surface area contributed by atoms with Crippen LogP contribution in [0.2, 0.25) is 0 Å². The number of aromatic nitrogens is 1. The van der Waals surface area contributed by atoms with E-state index in [4.69, 9.17) is 4.98 Å². The minimum Gasteiger partial charge on any atom is -0.331 e. The quantitative estimate of drug-likeness (QED) is 0.275. The molecule has 144 valence electrons. The number of hydrogen-bond donors (Lipinski definition) is 1. The predicted molar refractivity (Wildman–Crippen MR) is 122 cm³/mol. The fourth-order valence-electron chi connectivity index (χ4n) is 2.93. The molecule has 0 spiro atoms. The van der Waals surface area contributed by atoms with E-state index < -0.39 is 0 Å². The summed E-state index contributed by atoms with van der Waals surface area (Å²) in [7, 11) is 0. The molecule has 0 atom stereocenters. The number of nitrogens with zero attached hydrogens (tertiary/aromatic N) is 2. The molecule has 27 heavy (non-hydrogen) atoms. The van der Waals surface area contributed by atoms with Crippen LogP contribution in [0.1, 0.15) is 45.2 Å². The molecule has 0 aliphatic heterocycles. The molecule has 3 nitrogen and oxygen atoms in total. The molecule has 3 rings (SSSR count). The third kappa shape index (κ3) is 5.96. The molecule has 1 heterocycles. The van der Waals surface area contributed by atoms with Gasteiger partial charge < -0.3 is 5.32 Å². The lowest BCUT2D eigenvalue weighted by Crippen LogP contribution is -2.17. The van der Waals surface area contributed by atoms with Gasteiger partial charge >= 0.3 is 0 Å². The maximum Gasteiger partial charge on any atom is 0.187 e. The van der Waals surface area contributed by atoms with Crippen LogP contribution in [0.25, 0.3) is 10.8 Å². The van der Waals surface area contributed by atoms with Crippen molar-refractivity contribution in [1.29, 1.82) is 0 Å². The summed E-state index contributed by atoms with van der Waals surface area (Å²) in [4.78, 5) is 4.84. The maximum atomic E-state index is 4.84. The minimum absolute atomic E-state index is 0.919. The van der Waals surface area contributed by atoms with Gasteiger partial charge in [-0.05, 0) is 24.3 Å². The number of nitrogens with one attached hydrogen (secondary N) is 1. The lowest BCUT2D eigenvalue weighted by atomic mass is 10.1. The second kappa shape index (κ2) is 10.7. The second-order valence-corrected chi connectivity index (χ2v) is 8.74. The van der Waals surface area contributed by atoms with Crippen molar-refractivity contribution in [2.75, 3.05) is 17.6 Å². The van der Waals surface area contributed by atoms with E-state index in [1.165, 1.54) is 42.2 Å². The number of hydrogen-bond acceptors (Lipinski definition) is 5. The van der Waals surface area contributed by atoms with E-state index in [-0.39, 0.29) is 0 Å². The highest BCUT2D eigenvalue weighted by Gasteiger charge is 2.10. The third-order valence-electron chi connectivity index (χ3n) is 4.45. The van der Waals surface area contributed by atoms with Gasteiger partial charge in [-0.3, -0.25) is 0 Å². The molecule has 1 N–H and O–H groups in total. The van der Waals surface area contributed by atoms with Crippen LogP contribution >= 0.6 is 23.3 Å². The Hall–Kier alpha value is -1.56. The molecule has 0 aliphatic carbocycles. The Morgan fingerprint density at radius 1 is 1.04 bits per heavy atom. The zero-order valence-corrected chi connectivity index (χ0v) is 17.9. The standard InChI is InChI=1S/C22H29N3S2/c1-3-5-14-25(27-15-6-4-2)16-19-17-26-22(23-19)24-21-13-9-11-18-10-7-8-12-20(18)21/h7-13,17H,3-6,14-16H2,1-2H3,(H,23,24). The molecule has 0 unspecified atom stereocenters. The van der Waals surface area contributed by atoms with Crippen LogP contribution in [0.15, 0.2) is 47.8 Å². The smallest absolute Gasteiger partial charge is 0.187 e. The summed E-state index contributed by atoms with van der Waals surface area (Å²) < 4.78 is 2.48. The van der Waals surface area contributed by atoms with Gasteiger partial charge in [0.25, 0.3) is 0 Å². The van der Waals surface area contributed by atoms with Gasteiger partial charge in [-0.25, -0.2) is 9.29 Å². The van der Waals surface area contributed by atoms with E-state index in [1.807, 2.05) is 11.9 Å². The number of benzene rings is 2. The number of anilines is 2. The van der Waals surface area contributed by atoms with Crippen LogP contribution in [-0.4, -0.2) is 21.6 Å². The molecule has 0 saturated heterocycles. The normalized spacial score (nSPS) is 11.4. The Morgan fingerprint density at radius 2 is 1.85 bits per heavy atom. The summed E-state index contributed by atoms with van der Waals surface area (Å²) in [6, 6.07) is 14.8. The SMILES string of the molecule is CCCCSN(CCCC)Cc1csc(Nc2cccc3ccccc23)n1. The summed E-state index contributed by atoms with van der Waals surface area (Å²) in [5.41, 5.74) is 2.27. The van der Waals surface area contributed by atoms with Crippen molar-refractivity contribution < 1.29 is 0 Å². The van der Waals surface area contributed by atoms with Crippen LogP contribution in [0.5, 0.6) is 0 Å². The molecule has 0 saturated carbocycles. The average molecular weight is 400 g/mol. The molecule has 0 amide bonds. The topological polar surface area (TPSA) is 28.2 Å². The Bertz CT molecular complexity index is 826. The summed E-state index contributed by atoms with van der Waals surface area (Å²) in [5, 5.41) is 9.15. The van der Waals surface area contributed by atoms with Crippen LogP contribution in [-0.2, 0) is 6.54 Å². The van der Waals surface area contributed by atoms with Crippen molar-refractivity contribution in [1.82, 2.24) is 9.29 Å². The highest BCUT2D eigenvalue weighted by atomic mass is 32.2. The number of fused-ring (bicyclic) bond motifs is 1. The van der Waals surface area contributed by atoms with Gasteiger partial charge in [-0.15, -0.1) is 11.3 Å². The Labute approximate surface area is 171 Å². The molecule has 0 aliphatic rings. The molecule has 0 fully saturated rings. The van der Waals surface area contributed by atoms with Crippen molar-refractivity contribution in [3.05, 3.63) is 53.5 Å². The second-order valence-electron chi connectivity index (χ2n) is 6.70. The fraction of sp³-hybridized carbons (Fsp3) is 0.409. The van der Waals surface area contributed by atoms with E-state index in [0.717, 1.165) is 29.6 Å². The highest BCUT2D eigenvalue weighted by Crippen LogP contribution is 2.28. The van der Waals surface area contributed by atoms with Crippen LogP contribution in [0.3, 0.4) is 0 Å². The van der Waals surface area contributed by atoms with Crippen LogP contribution in [0, 0.1) is 0 Å². The summed E-state index contributed by atoms with van der Waals surface area (Å²) in [5.74, 6) is 1.20. The number of thiazole rings is 1. The van der Waals surface area contributed by atoms with Crippen LogP contribution in [0.4, 0.5) is 10.8 Å². The van der Waals surface area contributed by atoms with E-state index in [1.54, 1.807) is 11.3 Å². The van der Waals surface area contributed by atoms with Crippen molar-refractivity contribution in [3.8, 4) is 0 Å².